The van der Waals surface area contributed by atoms with Crippen LogP contribution in [0.5, 0.6) is 0 Å². The number of nitrogens with one attached hydrogen (secondary N) is 2. The standard InChI is InChI=1S/C25H23N7/c1-3-14-32-16(2)27-22-13-12-17(15-23(22)32)28-24-18-8-4-6-10-20(18)29-25(31-24)30-21-11-7-5-9-19(21)26/h3-13,15H,1,14,26H2,2H3,(H2,28,29,30,31). The van der Waals surface area contributed by atoms with Gasteiger partial charge in [-0.15, -0.1) is 6.58 Å². The summed E-state index contributed by atoms with van der Waals surface area (Å²) in [6, 6.07) is 21.6. The molecule has 158 valence electrons. The van der Waals surface area contributed by atoms with Crippen LogP contribution in [0.4, 0.5) is 28.8 Å². The molecule has 0 atom stereocenters. The lowest BCUT2D eigenvalue weighted by Crippen LogP contribution is -2.04. The molecule has 0 aliphatic rings. The lowest BCUT2D eigenvalue weighted by atomic mass is 10.2. The molecule has 0 saturated carbocycles. The van der Waals surface area contributed by atoms with Crippen molar-refractivity contribution < 1.29 is 0 Å². The van der Waals surface area contributed by atoms with Crippen LogP contribution in [-0.2, 0) is 6.54 Å². The van der Waals surface area contributed by atoms with Crippen molar-refractivity contribution in [1.82, 2.24) is 19.5 Å². The van der Waals surface area contributed by atoms with Crippen LogP contribution in [0.2, 0.25) is 0 Å². The topological polar surface area (TPSA) is 93.7 Å². The summed E-state index contributed by atoms with van der Waals surface area (Å²) in [6.45, 7) is 6.57. The first-order chi connectivity index (χ1) is 15.6. The second-order valence-electron chi connectivity index (χ2n) is 7.51. The minimum atomic E-state index is 0.470. The molecule has 5 rings (SSSR count). The van der Waals surface area contributed by atoms with E-state index in [1.165, 1.54) is 0 Å². The van der Waals surface area contributed by atoms with E-state index in [1.807, 2.05) is 73.7 Å². The average Bonchev–Trinajstić information content (AvgIpc) is 3.10. The molecule has 0 saturated heterocycles. The summed E-state index contributed by atoms with van der Waals surface area (Å²) in [5.74, 6) is 2.13. The maximum Gasteiger partial charge on any atom is 0.229 e. The number of aromatic nitrogens is 4. The molecule has 0 radical (unpaired) electrons. The molecule has 3 aromatic carbocycles. The van der Waals surface area contributed by atoms with Gasteiger partial charge < -0.3 is 20.9 Å². The fourth-order valence-electron chi connectivity index (χ4n) is 3.78. The fraction of sp³-hybridized carbons (Fsp3) is 0.0800. The number of nitrogens with zero attached hydrogens (tertiary/aromatic N) is 4. The number of rotatable bonds is 6. The second-order valence-corrected chi connectivity index (χ2v) is 7.51. The van der Waals surface area contributed by atoms with Crippen molar-refractivity contribution in [2.75, 3.05) is 16.4 Å². The van der Waals surface area contributed by atoms with Gasteiger partial charge in [0.25, 0.3) is 0 Å². The minimum absolute atomic E-state index is 0.470. The van der Waals surface area contributed by atoms with E-state index >= 15 is 0 Å². The third-order valence-electron chi connectivity index (χ3n) is 5.32. The van der Waals surface area contributed by atoms with Crippen LogP contribution in [0, 0.1) is 6.92 Å². The summed E-state index contributed by atoms with van der Waals surface area (Å²) in [5.41, 5.74) is 11.2. The predicted octanol–water partition coefficient (Wildman–Crippen LogP) is 5.54. The summed E-state index contributed by atoms with van der Waals surface area (Å²) in [7, 11) is 0. The summed E-state index contributed by atoms with van der Waals surface area (Å²) in [5, 5.41) is 7.63. The number of hydrogen-bond donors (Lipinski definition) is 3. The predicted molar refractivity (Wildman–Crippen MR) is 132 cm³/mol. The Balaban J connectivity index is 1.57. The van der Waals surface area contributed by atoms with Crippen LogP contribution < -0.4 is 16.4 Å². The van der Waals surface area contributed by atoms with Gasteiger partial charge in [0, 0.05) is 17.6 Å². The molecule has 7 heteroatoms. The SMILES string of the molecule is C=CCn1c(C)nc2ccc(Nc3nc(Nc4ccccc4N)nc4ccccc34)cc21. The second kappa shape index (κ2) is 8.03. The van der Waals surface area contributed by atoms with Crippen molar-refractivity contribution in [3.63, 3.8) is 0 Å². The Bertz CT molecular complexity index is 1450. The first-order valence-corrected chi connectivity index (χ1v) is 10.4. The molecule has 2 heterocycles. The van der Waals surface area contributed by atoms with E-state index in [0.717, 1.165) is 39.1 Å². The van der Waals surface area contributed by atoms with E-state index in [-0.39, 0.29) is 0 Å². The Labute approximate surface area is 185 Å². The van der Waals surface area contributed by atoms with Crippen LogP contribution >= 0.6 is 0 Å². The number of para-hydroxylation sites is 3. The van der Waals surface area contributed by atoms with Crippen molar-refractivity contribution in [1.29, 1.82) is 0 Å². The molecule has 0 bridgehead atoms. The molecule has 0 aliphatic heterocycles. The molecule has 0 spiro atoms. The largest absolute Gasteiger partial charge is 0.397 e. The monoisotopic (exact) mass is 421 g/mol. The number of hydrogen-bond acceptors (Lipinski definition) is 6. The first-order valence-electron chi connectivity index (χ1n) is 10.4. The van der Waals surface area contributed by atoms with Gasteiger partial charge in [0.15, 0.2) is 0 Å². The van der Waals surface area contributed by atoms with Gasteiger partial charge >= 0.3 is 0 Å². The van der Waals surface area contributed by atoms with Gasteiger partial charge in [0.2, 0.25) is 5.95 Å². The Kier molecular flexibility index (Phi) is 4.91. The quantitative estimate of drug-likeness (QED) is 0.246. The third kappa shape index (κ3) is 3.60. The summed E-state index contributed by atoms with van der Waals surface area (Å²) in [4.78, 5) is 14.1. The third-order valence-corrected chi connectivity index (χ3v) is 5.32. The number of anilines is 5. The van der Waals surface area contributed by atoms with Gasteiger partial charge in [-0.3, -0.25) is 0 Å². The molecule has 0 aliphatic carbocycles. The molecular formula is C25H23N7. The number of allylic oxidation sites excluding steroid dienone is 1. The maximum absolute atomic E-state index is 6.09. The normalized spacial score (nSPS) is 11.0. The summed E-state index contributed by atoms with van der Waals surface area (Å²) < 4.78 is 2.14. The van der Waals surface area contributed by atoms with Gasteiger partial charge in [-0.25, -0.2) is 9.97 Å². The highest BCUT2D eigenvalue weighted by molar-refractivity contribution is 5.93. The molecule has 0 unspecified atom stereocenters. The van der Waals surface area contributed by atoms with Crippen LogP contribution in [0.15, 0.2) is 79.4 Å². The van der Waals surface area contributed by atoms with Crippen molar-refractivity contribution in [2.24, 2.45) is 0 Å². The van der Waals surface area contributed by atoms with E-state index in [1.54, 1.807) is 0 Å². The molecule has 2 aromatic heterocycles. The lowest BCUT2D eigenvalue weighted by molar-refractivity contribution is 0.808. The number of nitrogen functional groups attached to an aromatic ring is 1. The van der Waals surface area contributed by atoms with E-state index in [0.29, 0.717) is 24.0 Å². The summed E-state index contributed by atoms with van der Waals surface area (Å²) in [6.07, 6.45) is 1.87. The highest BCUT2D eigenvalue weighted by atomic mass is 15.2. The minimum Gasteiger partial charge on any atom is -0.397 e. The van der Waals surface area contributed by atoms with Gasteiger partial charge in [0.05, 0.1) is 27.9 Å². The zero-order chi connectivity index (χ0) is 22.1. The fourth-order valence-corrected chi connectivity index (χ4v) is 3.78. The van der Waals surface area contributed by atoms with Crippen molar-refractivity contribution >= 4 is 50.8 Å². The number of aryl methyl sites for hydroxylation is 1. The lowest BCUT2D eigenvalue weighted by Gasteiger charge is -2.13. The Morgan fingerprint density at radius 3 is 2.59 bits per heavy atom. The van der Waals surface area contributed by atoms with Crippen LogP contribution in [0.25, 0.3) is 21.9 Å². The van der Waals surface area contributed by atoms with E-state index in [2.05, 4.69) is 37.8 Å². The molecule has 0 fully saturated rings. The van der Waals surface area contributed by atoms with Crippen LogP contribution in [0.3, 0.4) is 0 Å². The zero-order valence-corrected chi connectivity index (χ0v) is 17.7. The van der Waals surface area contributed by atoms with Crippen molar-refractivity contribution in [2.45, 2.75) is 13.5 Å². The number of fused-ring (bicyclic) bond motifs is 2. The maximum atomic E-state index is 6.09. The van der Waals surface area contributed by atoms with Crippen molar-refractivity contribution in [3.05, 3.63) is 85.2 Å². The number of nitrogens with two attached hydrogens (primary N) is 1. The van der Waals surface area contributed by atoms with Crippen LogP contribution in [0.1, 0.15) is 5.82 Å². The highest BCUT2D eigenvalue weighted by Crippen LogP contribution is 2.29. The van der Waals surface area contributed by atoms with Crippen LogP contribution in [-0.4, -0.2) is 19.5 Å². The number of benzene rings is 3. The Morgan fingerprint density at radius 2 is 1.75 bits per heavy atom. The highest BCUT2D eigenvalue weighted by Gasteiger charge is 2.11. The Hall–Kier alpha value is -4.39. The molecule has 0 amide bonds. The van der Waals surface area contributed by atoms with E-state index < -0.39 is 0 Å². The zero-order valence-electron chi connectivity index (χ0n) is 17.7. The van der Waals surface area contributed by atoms with Gasteiger partial charge in [-0.2, -0.15) is 4.98 Å². The molecule has 32 heavy (non-hydrogen) atoms. The first kappa shape index (κ1) is 19.6. The van der Waals surface area contributed by atoms with Crippen molar-refractivity contribution in [3.8, 4) is 0 Å². The average molecular weight is 422 g/mol. The van der Waals surface area contributed by atoms with E-state index in [9.17, 15) is 0 Å². The van der Waals surface area contributed by atoms with Gasteiger partial charge in [-0.05, 0) is 49.4 Å². The molecule has 5 aromatic rings. The molecular weight excluding hydrogens is 398 g/mol. The molecule has 4 N–H and O–H groups in total. The summed E-state index contributed by atoms with van der Waals surface area (Å²) >= 11 is 0. The van der Waals surface area contributed by atoms with Gasteiger partial charge in [0.1, 0.15) is 11.6 Å². The van der Waals surface area contributed by atoms with Gasteiger partial charge in [-0.1, -0.05) is 30.3 Å². The smallest absolute Gasteiger partial charge is 0.229 e. The Morgan fingerprint density at radius 1 is 0.938 bits per heavy atom. The van der Waals surface area contributed by atoms with E-state index in [4.69, 9.17) is 10.7 Å². The number of imidazole rings is 1. The molecule has 7 nitrogen and oxygen atoms in total.